The molecule has 1 aliphatic rings. The summed E-state index contributed by atoms with van der Waals surface area (Å²) in [5.74, 6) is -3.06. The molecule has 0 spiro atoms. The summed E-state index contributed by atoms with van der Waals surface area (Å²) in [7, 11) is 0. The summed E-state index contributed by atoms with van der Waals surface area (Å²) >= 11 is 0. The van der Waals surface area contributed by atoms with Crippen LogP contribution in [0, 0.1) is 0 Å². The van der Waals surface area contributed by atoms with Gasteiger partial charge >= 0.3 is 0 Å². The maximum absolute atomic E-state index is 13.0. The molecule has 0 radical (unpaired) electrons. The van der Waals surface area contributed by atoms with Crippen molar-refractivity contribution in [3.8, 4) is 0 Å². The van der Waals surface area contributed by atoms with Gasteiger partial charge < -0.3 is 15.4 Å². The molecule has 1 aromatic carbocycles. The summed E-state index contributed by atoms with van der Waals surface area (Å²) in [5, 5.41) is 12.6. The molecule has 114 valence electrons. The van der Waals surface area contributed by atoms with Crippen molar-refractivity contribution in [1.82, 2.24) is 10.3 Å². The predicted octanol–water partition coefficient (Wildman–Crippen LogP) is 2.41. The second-order valence-electron chi connectivity index (χ2n) is 5.98. The molecule has 3 N–H and O–H groups in total. The van der Waals surface area contributed by atoms with E-state index in [2.05, 4.69) is 22.4 Å². The van der Waals surface area contributed by atoms with E-state index in [-0.39, 0.29) is 6.04 Å². The van der Waals surface area contributed by atoms with Gasteiger partial charge in [-0.1, -0.05) is 0 Å². The molecule has 2 aromatic rings. The van der Waals surface area contributed by atoms with Crippen molar-refractivity contribution in [3.63, 3.8) is 0 Å². The van der Waals surface area contributed by atoms with Gasteiger partial charge in [-0.3, -0.25) is 0 Å². The summed E-state index contributed by atoms with van der Waals surface area (Å²) in [5.41, 5.74) is 5.07. The van der Waals surface area contributed by atoms with E-state index in [1.807, 2.05) is 13.1 Å². The first-order chi connectivity index (χ1) is 9.98. The summed E-state index contributed by atoms with van der Waals surface area (Å²) in [4.78, 5) is 3.26. The number of halogens is 2. The van der Waals surface area contributed by atoms with Crippen molar-refractivity contribution in [2.24, 2.45) is 0 Å². The second-order valence-corrected chi connectivity index (χ2v) is 5.98. The highest BCUT2D eigenvalue weighted by Crippen LogP contribution is 2.30. The molecule has 3 nitrogen and oxygen atoms in total. The van der Waals surface area contributed by atoms with Crippen LogP contribution < -0.4 is 5.32 Å². The zero-order chi connectivity index (χ0) is 15.0. The minimum Gasteiger partial charge on any atom is -0.390 e. The van der Waals surface area contributed by atoms with Gasteiger partial charge in [0.1, 0.15) is 6.61 Å². The zero-order valence-corrected chi connectivity index (χ0v) is 12.0. The Labute approximate surface area is 122 Å². The van der Waals surface area contributed by atoms with Crippen molar-refractivity contribution in [3.05, 3.63) is 35.0 Å². The van der Waals surface area contributed by atoms with E-state index in [1.54, 1.807) is 0 Å². The first-order valence-electron chi connectivity index (χ1n) is 7.32. The minimum absolute atomic E-state index is 0.0764. The normalized spacial score (nSPS) is 15.8. The van der Waals surface area contributed by atoms with E-state index >= 15 is 0 Å². The monoisotopic (exact) mass is 294 g/mol. The SMILES string of the molecule is CC(Cc1c[nH]c2cc3c(cc12)CC3)NCC(F)(F)CO. The molecule has 3 rings (SSSR count). The molecule has 1 aliphatic carbocycles. The third-order valence-electron chi connectivity index (χ3n) is 4.22. The summed E-state index contributed by atoms with van der Waals surface area (Å²) < 4.78 is 26.1. The number of aliphatic hydroxyl groups is 1. The number of rotatable bonds is 6. The molecule has 1 atom stereocenters. The fraction of sp³-hybridized carbons (Fsp3) is 0.500. The lowest BCUT2D eigenvalue weighted by Gasteiger charge is -2.20. The Morgan fingerprint density at radius 3 is 2.71 bits per heavy atom. The second kappa shape index (κ2) is 5.39. The first-order valence-corrected chi connectivity index (χ1v) is 7.32. The zero-order valence-electron chi connectivity index (χ0n) is 12.0. The third kappa shape index (κ3) is 2.94. The minimum atomic E-state index is -3.06. The molecular weight excluding hydrogens is 274 g/mol. The van der Waals surface area contributed by atoms with E-state index in [0.717, 1.165) is 23.9 Å². The first kappa shape index (κ1) is 14.5. The molecule has 1 aromatic heterocycles. The number of nitrogens with one attached hydrogen (secondary N) is 2. The number of aromatic amines is 1. The van der Waals surface area contributed by atoms with Crippen LogP contribution in [0.5, 0.6) is 0 Å². The number of alkyl halides is 2. The summed E-state index contributed by atoms with van der Waals surface area (Å²) in [6.45, 7) is 0.266. The standard InChI is InChI=1S/C16H20F2N2O/c1-10(20-8-16(17,18)9-21)4-13-7-19-15-6-12-3-2-11(12)5-14(13)15/h5-7,10,19-21H,2-4,8-9H2,1H3. The highest BCUT2D eigenvalue weighted by atomic mass is 19.3. The number of fused-ring (bicyclic) bond motifs is 2. The smallest absolute Gasteiger partial charge is 0.282 e. The van der Waals surface area contributed by atoms with Crippen LogP contribution in [-0.4, -0.2) is 35.2 Å². The molecule has 21 heavy (non-hydrogen) atoms. The number of benzene rings is 1. The molecule has 0 aliphatic heterocycles. The lowest BCUT2D eigenvalue weighted by Crippen LogP contribution is -2.40. The molecule has 1 heterocycles. The number of hydrogen-bond acceptors (Lipinski definition) is 2. The number of aryl methyl sites for hydroxylation is 2. The Bertz CT molecular complexity index is 651. The molecular formula is C16H20F2N2O. The van der Waals surface area contributed by atoms with Crippen LogP contribution in [0.4, 0.5) is 8.78 Å². The van der Waals surface area contributed by atoms with Crippen LogP contribution in [0.15, 0.2) is 18.3 Å². The molecule has 0 amide bonds. The highest BCUT2D eigenvalue weighted by molar-refractivity contribution is 5.85. The van der Waals surface area contributed by atoms with E-state index < -0.39 is 19.1 Å². The maximum atomic E-state index is 13.0. The van der Waals surface area contributed by atoms with E-state index in [0.29, 0.717) is 6.42 Å². The van der Waals surface area contributed by atoms with Crippen LogP contribution in [-0.2, 0) is 19.3 Å². The number of hydrogen-bond donors (Lipinski definition) is 3. The van der Waals surface area contributed by atoms with Gasteiger partial charge in [0.05, 0.1) is 6.54 Å². The Kier molecular flexibility index (Phi) is 3.71. The topological polar surface area (TPSA) is 48.0 Å². The van der Waals surface area contributed by atoms with Crippen molar-refractivity contribution >= 4 is 10.9 Å². The Morgan fingerprint density at radius 1 is 1.33 bits per heavy atom. The fourth-order valence-corrected chi connectivity index (χ4v) is 2.83. The third-order valence-corrected chi connectivity index (χ3v) is 4.22. The van der Waals surface area contributed by atoms with Gasteiger partial charge in [0, 0.05) is 23.1 Å². The Balaban J connectivity index is 1.69. The molecule has 0 saturated carbocycles. The van der Waals surface area contributed by atoms with Gasteiger partial charge in [-0.25, -0.2) is 8.78 Å². The van der Waals surface area contributed by atoms with E-state index in [1.165, 1.54) is 16.5 Å². The highest BCUT2D eigenvalue weighted by Gasteiger charge is 2.27. The van der Waals surface area contributed by atoms with Gasteiger partial charge in [0.2, 0.25) is 0 Å². The largest absolute Gasteiger partial charge is 0.390 e. The van der Waals surface area contributed by atoms with Gasteiger partial charge in [-0.2, -0.15) is 0 Å². The molecule has 5 heteroatoms. The van der Waals surface area contributed by atoms with Crippen LogP contribution in [0.25, 0.3) is 10.9 Å². The van der Waals surface area contributed by atoms with Gasteiger partial charge in [-0.15, -0.1) is 0 Å². The lowest BCUT2D eigenvalue weighted by molar-refractivity contribution is -0.0490. The van der Waals surface area contributed by atoms with Gasteiger partial charge in [0.25, 0.3) is 5.92 Å². The average molecular weight is 294 g/mol. The molecule has 0 fully saturated rings. The maximum Gasteiger partial charge on any atom is 0.282 e. The van der Waals surface area contributed by atoms with Crippen molar-refractivity contribution in [2.75, 3.05) is 13.2 Å². The lowest BCUT2D eigenvalue weighted by atomic mass is 9.87. The summed E-state index contributed by atoms with van der Waals surface area (Å²) in [6.07, 6.45) is 4.92. The fourth-order valence-electron chi connectivity index (χ4n) is 2.83. The van der Waals surface area contributed by atoms with Gasteiger partial charge in [-0.05, 0) is 55.0 Å². The number of H-pyrrole nitrogens is 1. The van der Waals surface area contributed by atoms with Crippen LogP contribution in [0.3, 0.4) is 0 Å². The van der Waals surface area contributed by atoms with Crippen LogP contribution in [0.1, 0.15) is 23.6 Å². The predicted molar refractivity (Wildman–Crippen MR) is 78.9 cm³/mol. The van der Waals surface area contributed by atoms with E-state index in [4.69, 9.17) is 5.11 Å². The average Bonchev–Trinajstić information content (AvgIpc) is 2.81. The molecule has 1 unspecified atom stereocenters. The van der Waals surface area contributed by atoms with Crippen LogP contribution in [0.2, 0.25) is 0 Å². The van der Waals surface area contributed by atoms with Crippen molar-refractivity contribution < 1.29 is 13.9 Å². The molecule has 0 saturated heterocycles. The quantitative estimate of drug-likeness (QED) is 0.766. The van der Waals surface area contributed by atoms with Crippen LogP contribution >= 0.6 is 0 Å². The van der Waals surface area contributed by atoms with E-state index in [9.17, 15) is 8.78 Å². The molecule has 0 bridgehead atoms. The Hall–Kier alpha value is -1.46. The number of aliphatic hydroxyl groups excluding tert-OH is 1. The number of aromatic nitrogens is 1. The van der Waals surface area contributed by atoms with Crippen molar-refractivity contribution in [1.29, 1.82) is 0 Å². The Morgan fingerprint density at radius 2 is 2.05 bits per heavy atom. The van der Waals surface area contributed by atoms with Gasteiger partial charge in [0.15, 0.2) is 0 Å². The summed E-state index contributed by atoms with van der Waals surface area (Å²) in [6, 6.07) is 4.33. The van der Waals surface area contributed by atoms with Crippen molar-refractivity contribution in [2.45, 2.75) is 38.2 Å².